The third kappa shape index (κ3) is 4.56. The van der Waals surface area contributed by atoms with Crippen LogP contribution < -0.4 is 10.1 Å². The number of fused-ring (bicyclic) bond motifs is 3. The van der Waals surface area contributed by atoms with E-state index in [0.717, 1.165) is 5.39 Å². The summed E-state index contributed by atoms with van der Waals surface area (Å²) in [5.74, 6) is 0.487. The van der Waals surface area contributed by atoms with Crippen LogP contribution >= 0.6 is 0 Å². The molecule has 37 heavy (non-hydrogen) atoms. The molecule has 0 aliphatic rings. The van der Waals surface area contributed by atoms with Crippen molar-refractivity contribution in [2.24, 2.45) is 0 Å². The summed E-state index contributed by atoms with van der Waals surface area (Å²) in [7, 11) is 0. The number of nitrogens with zero attached hydrogens (tertiary/aromatic N) is 6. The van der Waals surface area contributed by atoms with E-state index in [1.54, 1.807) is 25.1 Å². The van der Waals surface area contributed by atoms with Crippen LogP contribution in [0.4, 0.5) is 5.69 Å². The average molecular weight is 499 g/mol. The summed E-state index contributed by atoms with van der Waals surface area (Å²) in [6, 6.07) is 13.3. The van der Waals surface area contributed by atoms with E-state index in [-0.39, 0.29) is 43.1 Å². The third-order valence-corrected chi connectivity index (χ3v) is 5.66. The molecule has 0 aliphatic carbocycles. The Morgan fingerprint density at radius 3 is 2.73 bits per heavy atom. The number of hydrogen-bond donors (Lipinski definition) is 3. The molecule has 0 fully saturated rings. The Hall–Kier alpha value is -4.86. The Morgan fingerprint density at radius 1 is 1.19 bits per heavy atom. The molecule has 0 bridgehead atoms. The van der Waals surface area contributed by atoms with Crippen molar-refractivity contribution in [1.29, 1.82) is 0 Å². The van der Waals surface area contributed by atoms with Gasteiger partial charge in [0, 0.05) is 28.4 Å². The van der Waals surface area contributed by atoms with E-state index in [0.29, 0.717) is 33.7 Å². The molecule has 12 nitrogen and oxygen atoms in total. The maximum Gasteiger partial charge on any atom is 0.250 e. The first-order chi connectivity index (χ1) is 18.0. The minimum Gasteiger partial charge on any atom is -0.473 e. The molecule has 12 heteroatoms. The van der Waals surface area contributed by atoms with E-state index in [4.69, 9.17) is 20.9 Å². The van der Waals surface area contributed by atoms with Crippen LogP contribution in [0.5, 0.6) is 5.88 Å². The smallest absolute Gasteiger partial charge is 0.250 e. The number of carbonyl (C=O) groups is 1. The predicted molar refractivity (Wildman–Crippen MR) is 131 cm³/mol. The molecular formula is C25H21N7O5. The second-order valence-corrected chi connectivity index (χ2v) is 8.25. The van der Waals surface area contributed by atoms with Gasteiger partial charge in [-0.1, -0.05) is 35.5 Å². The van der Waals surface area contributed by atoms with Crippen LogP contribution in [0.3, 0.4) is 0 Å². The summed E-state index contributed by atoms with van der Waals surface area (Å²) in [6.07, 6.45) is 0. The number of ether oxygens (including phenoxy) is 1. The number of aliphatic hydroxyl groups is 2. The molecule has 2 aromatic carbocycles. The Morgan fingerprint density at radius 2 is 2.00 bits per heavy atom. The van der Waals surface area contributed by atoms with Crippen LogP contribution in [0, 0.1) is 6.57 Å². The third-order valence-electron chi connectivity index (χ3n) is 5.66. The number of aromatic nitrogens is 5. The normalized spacial score (nSPS) is 11.9. The van der Waals surface area contributed by atoms with E-state index in [9.17, 15) is 9.90 Å². The van der Waals surface area contributed by atoms with Gasteiger partial charge < -0.3 is 24.8 Å². The van der Waals surface area contributed by atoms with Gasteiger partial charge in [0.05, 0.1) is 13.2 Å². The van der Waals surface area contributed by atoms with E-state index in [2.05, 4.69) is 30.6 Å². The number of amides is 1. The van der Waals surface area contributed by atoms with Crippen LogP contribution in [0.2, 0.25) is 0 Å². The van der Waals surface area contributed by atoms with Crippen molar-refractivity contribution in [3.63, 3.8) is 0 Å². The SMILES string of the molecule is [C-]#[N+]c1cc(C(=O)N[C@H](C)CO)ccc1COc1nn2c(-c3cc(CO)on3)nnc2c2ccccc12. The Balaban J connectivity index is 1.49. The van der Waals surface area contributed by atoms with Gasteiger partial charge in [-0.3, -0.25) is 4.79 Å². The second kappa shape index (κ2) is 10.0. The minimum atomic E-state index is -0.406. The van der Waals surface area contributed by atoms with Crippen molar-refractivity contribution in [3.8, 4) is 17.4 Å². The van der Waals surface area contributed by atoms with Crippen LogP contribution in [-0.2, 0) is 13.2 Å². The fourth-order valence-corrected chi connectivity index (χ4v) is 3.74. The van der Waals surface area contributed by atoms with Crippen LogP contribution in [0.15, 0.2) is 53.1 Å². The molecule has 0 radical (unpaired) electrons. The van der Waals surface area contributed by atoms with Crippen LogP contribution in [0.25, 0.3) is 32.8 Å². The van der Waals surface area contributed by atoms with Gasteiger partial charge in [-0.15, -0.1) is 15.3 Å². The molecule has 0 saturated carbocycles. The summed E-state index contributed by atoms with van der Waals surface area (Å²) in [6.45, 7) is 8.77. The monoisotopic (exact) mass is 499 g/mol. The summed E-state index contributed by atoms with van der Waals surface area (Å²) in [5.41, 5.74) is 1.98. The van der Waals surface area contributed by atoms with Gasteiger partial charge in [-0.25, -0.2) is 4.85 Å². The molecule has 3 N–H and O–H groups in total. The fraction of sp³-hybridized carbons (Fsp3) is 0.200. The second-order valence-electron chi connectivity index (χ2n) is 8.25. The van der Waals surface area contributed by atoms with Gasteiger partial charge in [0.2, 0.25) is 17.6 Å². The average Bonchev–Trinajstić information content (AvgIpc) is 3.58. The number of carbonyl (C=O) groups excluding carboxylic acids is 1. The highest BCUT2D eigenvalue weighted by Crippen LogP contribution is 2.30. The summed E-state index contributed by atoms with van der Waals surface area (Å²) < 4.78 is 12.6. The molecule has 5 aromatic rings. The minimum absolute atomic E-state index is 0.0191. The lowest BCUT2D eigenvalue weighted by Crippen LogP contribution is -2.34. The first kappa shape index (κ1) is 23.9. The Kier molecular flexibility index (Phi) is 6.46. The fourth-order valence-electron chi connectivity index (χ4n) is 3.74. The van der Waals surface area contributed by atoms with Gasteiger partial charge in [0.25, 0.3) is 0 Å². The van der Waals surface area contributed by atoms with Gasteiger partial charge in [-0.2, -0.15) is 4.52 Å². The first-order valence-corrected chi connectivity index (χ1v) is 11.3. The van der Waals surface area contributed by atoms with E-state index in [1.807, 2.05) is 24.3 Å². The highest BCUT2D eigenvalue weighted by Gasteiger charge is 2.19. The highest BCUT2D eigenvalue weighted by atomic mass is 16.5. The molecule has 3 aromatic heterocycles. The first-order valence-electron chi connectivity index (χ1n) is 11.3. The van der Waals surface area contributed by atoms with Crippen molar-refractivity contribution in [1.82, 2.24) is 30.3 Å². The molecule has 0 unspecified atom stereocenters. The quantitative estimate of drug-likeness (QED) is 0.274. The number of benzene rings is 2. The maximum atomic E-state index is 12.4. The van der Waals surface area contributed by atoms with Crippen LogP contribution in [-0.4, -0.2) is 53.7 Å². The van der Waals surface area contributed by atoms with Gasteiger partial charge in [0.15, 0.2) is 22.8 Å². The predicted octanol–water partition coefficient (Wildman–Crippen LogP) is 2.67. The van der Waals surface area contributed by atoms with Gasteiger partial charge >= 0.3 is 0 Å². The van der Waals surface area contributed by atoms with Gasteiger partial charge in [0.1, 0.15) is 13.2 Å². The number of rotatable bonds is 8. The lowest BCUT2D eigenvalue weighted by atomic mass is 10.1. The molecule has 0 aliphatic heterocycles. The van der Waals surface area contributed by atoms with Crippen molar-refractivity contribution < 1.29 is 24.3 Å². The summed E-state index contributed by atoms with van der Waals surface area (Å²) in [4.78, 5) is 15.9. The molecule has 3 heterocycles. The molecule has 0 saturated heterocycles. The lowest BCUT2D eigenvalue weighted by molar-refractivity contribution is 0.0922. The van der Waals surface area contributed by atoms with Crippen molar-refractivity contribution >= 4 is 28.0 Å². The zero-order valence-corrected chi connectivity index (χ0v) is 19.6. The van der Waals surface area contributed by atoms with E-state index >= 15 is 0 Å². The topological polar surface area (TPSA) is 152 Å². The molecule has 1 amide bonds. The molecule has 0 spiro atoms. The van der Waals surface area contributed by atoms with E-state index < -0.39 is 6.04 Å². The van der Waals surface area contributed by atoms with Crippen molar-refractivity contribution in [2.45, 2.75) is 26.2 Å². The Labute approximate surface area is 209 Å². The largest absolute Gasteiger partial charge is 0.473 e. The van der Waals surface area contributed by atoms with Crippen molar-refractivity contribution in [2.75, 3.05) is 6.61 Å². The molecule has 1 atom stereocenters. The van der Waals surface area contributed by atoms with Crippen molar-refractivity contribution in [3.05, 3.63) is 76.8 Å². The standard InChI is InChI=1S/C25H21N7O5/c1-14(11-33)27-24(35)15-7-8-16(20(9-15)26-2)13-36-25-19-6-4-3-5-18(19)22-28-29-23(32(22)30-25)21-10-17(12-34)37-31-21/h3-10,14,33-34H,11-13H2,1H3,(H,27,35)/t14-/m1/s1. The molecule has 186 valence electrons. The van der Waals surface area contributed by atoms with Crippen LogP contribution in [0.1, 0.15) is 28.6 Å². The summed E-state index contributed by atoms with van der Waals surface area (Å²) >= 11 is 0. The zero-order valence-electron chi connectivity index (χ0n) is 19.6. The molecule has 5 rings (SSSR count). The van der Waals surface area contributed by atoms with Gasteiger partial charge in [-0.05, 0) is 24.6 Å². The van der Waals surface area contributed by atoms with E-state index in [1.165, 1.54) is 10.6 Å². The Bertz CT molecular complexity index is 1650. The number of hydrogen-bond acceptors (Lipinski definition) is 9. The highest BCUT2D eigenvalue weighted by molar-refractivity contribution is 5.97. The maximum absolute atomic E-state index is 12.4. The number of nitrogens with one attached hydrogen (secondary N) is 1. The zero-order chi connectivity index (χ0) is 25.9. The number of aliphatic hydroxyl groups excluding tert-OH is 2. The summed E-state index contributed by atoms with van der Waals surface area (Å²) in [5, 5.41) is 39.5. The molecular weight excluding hydrogens is 478 g/mol. The lowest BCUT2D eigenvalue weighted by Gasteiger charge is -2.13.